The highest BCUT2D eigenvalue weighted by Crippen LogP contribution is 2.24. The summed E-state index contributed by atoms with van der Waals surface area (Å²) in [5.74, 6) is 0.340. The number of ether oxygens (including phenoxy) is 1. The number of aliphatic hydroxyl groups is 1. The second kappa shape index (κ2) is 5.33. The van der Waals surface area contributed by atoms with Gasteiger partial charge < -0.3 is 20.1 Å². The number of nitrogens with zero attached hydrogens (tertiary/aromatic N) is 1. The quantitative estimate of drug-likeness (QED) is 0.697. The van der Waals surface area contributed by atoms with Crippen LogP contribution < -0.4 is 5.32 Å². The SMILES string of the molecule is CNC1COCC1C(=O)N1CCC(C(C)O)C1. The van der Waals surface area contributed by atoms with Crippen LogP contribution in [0.5, 0.6) is 0 Å². The summed E-state index contributed by atoms with van der Waals surface area (Å²) in [6, 6.07) is 0.132. The van der Waals surface area contributed by atoms with Crippen molar-refractivity contribution in [2.24, 2.45) is 11.8 Å². The van der Waals surface area contributed by atoms with Crippen molar-refractivity contribution < 1.29 is 14.6 Å². The first-order valence-corrected chi connectivity index (χ1v) is 6.35. The van der Waals surface area contributed by atoms with Crippen molar-refractivity contribution in [1.29, 1.82) is 0 Å². The van der Waals surface area contributed by atoms with Crippen LogP contribution in [0.1, 0.15) is 13.3 Å². The average molecular weight is 242 g/mol. The molecule has 2 fully saturated rings. The molecule has 0 aromatic carbocycles. The molecule has 5 heteroatoms. The largest absolute Gasteiger partial charge is 0.393 e. The fraction of sp³-hybridized carbons (Fsp3) is 0.917. The van der Waals surface area contributed by atoms with Gasteiger partial charge in [0.2, 0.25) is 5.91 Å². The summed E-state index contributed by atoms with van der Waals surface area (Å²) in [4.78, 5) is 14.2. The van der Waals surface area contributed by atoms with Gasteiger partial charge in [-0.3, -0.25) is 4.79 Å². The Bertz CT molecular complexity index is 283. The molecule has 98 valence electrons. The number of aliphatic hydroxyl groups excluding tert-OH is 1. The lowest BCUT2D eigenvalue weighted by Gasteiger charge is -2.23. The molecule has 2 rings (SSSR count). The second-order valence-corrected chi connectivity index (χ2v) is 5.11. The van der Waals surface area contributed by atoms with E-state index in [-0.39, 0.29) is 29.9 Å². The Kier molecular flexibility index (Phi) is 4.01. The first-order chi connectivity index (χ1) is 8.13. The number of carbonyl (C=O) groups excluding carboxylic acids is 1. The highest BCUT2D eigenvalue weighted by Gasteiger charge is 2.38. The number of likely N-dealkylation sites (N-methyl/N-ethyl adjacent to an activating group) is 1. The highest BCUT2D eigenvalue weighted by molar-refractivity contribution is 5.80. The molecule has 2 N–H and O–H groups in total. The highest BCUT2D eigenvalue weighted by atomic mass is 16.5. The number of hydrogen-bond donors (Lipinski definition) is 2. The molecule has 0 aromatic rings. The van der Waals surface area contributed by atoms with Gasteiger partial charge in [0, 0.05) is 25.0 Å². The van der Waals surface area contributed by atoms with Crippen LogP contribution in [0.2, 0.25) is 0 Å². The number of carbonyl (C=O) groups is 1. The van der Waals surface area contributed by atoms with E-state index < -0.39 is 0 Å². The minimum atomic E-state index is -0.326. The molecule has 1 amide bonds. The van der Waals surface area contributed by atoms with Gasteiger partial charge in [-0.05, 0) is 20.4 Å². The Balaban J connectivity index is 1.92. The van der Waals surface area contributed by atoms with E-state index >= 15 is 0 Å². The molecule has 0 bridgehead atoms. The molecule has 0 radical (unpaired) electrons. The maximum Gasteiger partial charge on any atom is 0.229 e. The number of nitrogens with one attached hydrogen (secondary N) is 1. The van der Waals surface area contributed by atoms with E-state index in [0.717, 1.165) is 13.0 Å². The smallest absolute Gasteiger partial charge is 0.229 e. The lowest BCUT2D eigenvalue weighted by molar-refractivity contribution is -0.135. The van der Waals surface area contributed by atoms with Crippen LogP contribution in [0.15, 0.2) is 0 Å². The maximum absolute atomic E-state index is 12.3. The molecule has 5 nitrogen and oxygen atoms in total. The first kappa shape index (κ1) is 12.8. The number of likely N-dealkylation sites (tertiary alicyclic amines) is 1. The summed E-state index contributed by atoms with van der Waals surface area (Å²) in [5, 5.41) is 12.7. The minimum Gasteiger partial charge on any atom is -0.393 e. The number of amides is 1. The summed E-state index contributed by atoms with van der Waals surface area (Å²) < 4.78 is 5.36. The molecule has 0 aliphatic carbocycles. The summed E-state index contributed by atoms with van der Waals surface area (Å²) in [7, 11) is 1.86. The van der Waals surface area contributed by atoms with Crippen molar-refractivity contribution in [2.45, 2.75) is 25.5 Å². The third-order valence-corrected chi connectivity index (χ3v) is 3.99. The molecule has 0 spiro atoms. The molecule has 2 aliphatic rings. The van der Waals surface area contributed by atoms with E-state index in [1.165, 1.54) is 0 Å². The van der Waals surface area contributed by atoms with E-state index in [0.29, 0.717) is 19.8 Å². The van der Waals surface area contributed by atoms with E-state index in [9.17, 15) is 9.90 Å². The van der Waals surface area contributed by atoms with E-state index in [4.69, 9.17) is 4.74 Å². The van der Waals surface area contributed by atoms with Gasteiger partial charge in [-0.15, -0.1) is 0 Å². The van der Waals surface area contributed by atoms with Crippen molar-refractivity contribution in [3.63, 3.8) is 0 Å². The normalized spacial score (nSPS) is 35.2. The van der Waals surface area contributed by atoms with Gasteiger partial charge in [-0.2, -0.15) is 0 Å². The van der Waals surface area contributed by atoms with Crippen LogP contribution in [-0.4, -0.2) is 61.4 Å². The fourth-order valence-electron chi connectivity index (χ4n) is 2.70. The zero-order chi connectivity index (χ0) is 12.4. The van der Waals surface area contributed by atoms with Crippen molar-refractivity contribution in [1.82, 2.24) is 10.2 Å². The molecule has 4 atom stereocenters. The van der Waals surface area contributed by atoms with Gasteiger partial charge in [0.1, 0.15) is 0 Å². The second-order valence-electron chi connectivity index (χ2n) is 5.11. The molecule has 2 heterocycles. The summed E-state index contributed by atoms with van der Waals surface area (Å²) >= 11 is 0. The molecule has 0 saturated carbocycles. The fourth-order valence-corrected chi connectivity index (χ4v) is 2.70. The van der Waals surface area contributed by atoms with Crippen LogP contribution in [0, 0.1) is 11.8 Å². The predicted octanol–water partition coefficient (Wildman–Crippen LogP) is -0.550. The van der Waals surface area contributed by atoms with E-state index in [1.54, 1.807) is 6.92 Å². The van der Waals surface area contributed by atoms with Crippen molar-refractivity contribution in [3.8, 4) is 0 Å². The van der Waals surface area contributed by atoms with Gasteiger partial charge in [-0.25, -0.2) is 0 Å². The van der Waals surface area contributed by atoms with Gasteiger partial charge in [-0.1, -0.05) is 0 Å². The van der Waals surface area contributed by atoms with Gasteiger partial charge in [0.15, 0.2) is 0 Å². The Morgan fingerprint density at radius 1 is 1.53 bits per heavy atom. The zero-order valence-corrected chi connectivity index (χ0v) is 10.6. The van der Waals surface area contributed by atoms with Crippen molar-refractivity contribution in [3.05, 3.63) is 0 Å². The molecule has 0 aromatic heterocycles. The van der Waals surface area contributed by atoms with E-state index in [1.807, 2.05) is 11.9 Å². The monoisotopic (exact) mass is 242 g/mol. The predicted molar refractivity (Wildman–Crippen MR) is 63.5 cm³/mol. The lowest BCUT2D eigenvalue weighted by atomic mass is 10.0. The van der Waals surface area contributed by atoms with Gasteiger partial charge in [0.05, 0.1) is 25.2 Å². The van der Waals surface area contributed by atoms with Crippen LogP contribution in [0.25, 0.3) is 0 Å². The molecular formula is C12H22N2O3. The maximum atomic E-state index is 12.3. The van der Waals surface area contributed by atoms with Crippen LogP contribution >= 0.6 is 0 Å². The van der Waals surface area contributed by atoms with Gasteiger partial charge in [0.25, 0.3) is 0 Å². The molecule has 2 saturated heterocycles. The standard InChI is InChI=1S/C12H22N2O3/c1-8(15)9-3-4-14(5-9)12(16)10-6-17-7-11(10)13-2/h8-11,13,15H,3-7H2,1-2H3. The molecule has 17 heavy (non-hydrogen) atoms. The van der Waals surface area contributed by atoms with Gasteiger partial charge >= 0.3 is 0 Å². The molecular weight excluding hydrogens is 220 g/mol. The Morgan fingerprint density at radius 2 is 2.29 bits per heavy atom. The molecule has 4 unspecified atom stereocenters. The topological polar surface area (TPSA) is 61.8 Å². The number of rotatable bonds is 3. The minimum absolute atomic E-state index is 0.0623. The van der Waals surface area contributed by atoms with Crippen molar-refractivity contribution in [2.75, 3.05) is 33.4 Å². The third kappa shape index (κ3) is 2.61. The first-order valence-electron chi connectivity index (χ1n) is 6.35. The van der Waals surface area contributed by atoms with Crippen LogP contribution in [0.3, 0.4) is 0 Å². The molecule has 2 aliphatic heterocycles. The Hall–Kier alpha value is -0.650. The summed E-state index contributed by atoms with van der Waals surface area (Å²) in [6.07, 6.45) is 0.578. The third-order valence-electron chi connectivity index (χ3n) is 3.99. The van der Waals surface area contributed by atoms with Crippen molar-refractivity contribution >= 4 is 5.91 Å². The van der Waals surface area contributed by atoms with Crippen LogP contribution in [-0.2, 0) is 9.53 Å². The number of hydrogen-bond acceptors (Lipinski definition) is 4. The summed E-state index contributed by atoms with van der Waals surface area (Å²) in [5.41, 5.74) is 0. The Morgan fingerprint density at radius 3 is 2.88 bits per heavy atom. The lowest BCUT2D eigenvalue weighted by Crippen LogP contribution is -2.44. The Labute approximate surface area is 102 Å². The average Bonchev–Trinajstić information content (AvgIpc) is 2.96. The zero-order valence-electron chi connectivity index (χ0n) is 10.6. The van der Waals surface area contributed by atoms with E-state index in [2.05, 4.69) is 5.32 Å². The van der Waals surface area contributed by atoms with Crippen LogP contribution in [0.4, 0.5) is 0 Å². The summed E-state index contributed by atoms with van der Waals surface area (Å²) in [6.45, 7) is 4.37.